The van der Waals surface area contributed by atoms with E-state index in [1.165, 1.54) is 0 Å². The second-order valence-corrected chi connectivity index (χ2v) is 0. The molecular weight excluding hydrogens is 93.3 g/mol. The molecule has 0 saturated heterocycles. The average molecular weight is 98.4 g/mol. The molecule has 4 heavy (non-hydrogen) atoms. The van der Waals surface area contributed by atoms with Crippen LogP contribution in [0.1, 0.15) is 7.13 Å². The Morgan fingerprint density at radius 2 is 1.25 bits per heavy atom. The third-order valence-corrected chi connectivity index (χ3v) is 0. The zero-order valence-electron chi connectivity index (χ0n) is 8.71. The Bertz CT molecular complexity index is 16.9. The Morgan fingerprint density at radius 1 is 1.25 bits per heavy atom. The summed E-state index contributed by atoms with van der Waals surface area (Å²) in [5.41, 5.74) is 0. The van der Waals surface area contributed by atoms with Crippen molar-refractivity contribution in [3.8, 4) is 0 Å². The second-order valence-electron chi connectivity index (χ2n) is 0. The monoisotopic (exact) mass is 98.0 g/mol. The van der Waals surface area contributed by atoms with Gasteiger partial charge in [-0.1, -0.05) is 0 Å². The van der Waals surface area contributed by atoms with Crippen molar-refractivity contribution in [2.24, 2.45) is 0 Å². The van der Waals surface area contributed by atoms with Gasteiger partial charge >= 0.3 is 123 Å². The van der Waals surface area contributed by atoms with Crippen LogP contribution in [0.3, 0.4) is 0 Å². The largest absolute Gasteiger partial charge is 2.00 e. The standard InChI is InChI=1S/K.Li.Mg.Na.5H/q2*+1;+2;+1;5*-1. The molecule has 0 amide bonds. The molecule has 0 nitrogen and oxygen atoms in total. The summed E-state index contributed by atoms with van der Waals surface area (Å²) in [7, 11) is 0. The SMILES string of the molecule is [H-].[H-].[H-].[H-].[H-].[K+].[Li+].[Mg+2].[Na+]. The molecule has 0 heterocycles. The van der Waals surface area contributed by atoms with E-state index in [0.717, 1.165) is 0 Å². The first-order valence-corrected chi connectivity index (χ1v) is 0. The molecule has 0 aromatic carbocycles. The van der Waals surface area contributed by atoms with Gasteiger partial charge in [0.15, 0.2) is 0 Å². The van der Waals surface area contributed by atoms with Gasteiger partial charge in [0.2, 0.25) is 0 Å². The van der Waals surface area contributed by atoms with Crippen LogP contribution in [-0.4, -0.2) is 23.1 Å². The molecule has 10 valence electrons. The van der Waals surface area contributed by atoms with Gasteiger partial charge in [0.1, 0.15) is 0 Å². The van der Waals surface area contributed by atoms with Crippen LogP contribution in [0.25, 0.3) is 0 Å². The van der Waals surface area contributed by atoms with Crippen molar-refractivity contribution in [1.29, 1.82) is 0 Å². The minimum atomic E-state index is 0. The van der Waals surface area contributed by atoms with E-state index in [4.69, 9.17) is 0 Å². The third-order valence-electron chi connectivity index (χ3n) is 0. The Balaban J connectivity index is 0. The Labute approximate surface area is 127 Å². The normalized spacial score (nSPS) is 0. The number of hydrogen-bond acceptors (Lipinski definition) is 0. The van der Waals surface area contributed by atoms with Gasteiger partial charge in [-0.2, -0.15) is 0 Å². The van der Waals surface area contributed by atoms with Crippen LogP contribution in [0.5, 0.6) is 0 Å². The van der Waals surface area contributed by atoms with E-state index < -0.39 is 0 Å². The van der Waals surface area contributed by atoms with Gasteiger partial charge in [-0.15, -0.1) is 0 Å². The van der Waals surface area contributed by atoms with Crippen molar-refractivity contribution in [1.82, 2.24) is 0 Å². The second kappa shape index (κ2) is 15.8. The van der Waals surface area contributed by atoms with Gasteiger partial charge in [0.05, 0.1) is 0 Å². The first kappa shape index (κ1) is 24.5. The van der Waals surface area contributed by atoms with Crippen molar-refractivity contribution in [3.63, 3.8) is 0 Å². The summed E-state index contributed by atoms with van der Waals surface area (Å²) >= 11 is 0. The van der Waals surface area contributed by atoms with Crippen LogP contribution in [0.2, 0.25) is 0 Å². The van der Waals surface area contributed by atoms with E-state index in [1.807, 2.05) is 0 Å². The van der Waals surface area contributed by atoms with Crippen LogP contribution in [0, 0.1) is 0 Å². The van der Waals surface area contributed by atoms with E-state index in [2.05, 4.69) is 0 Å². The van der Waals surface area contributed by atoms with E-state index >= 15 is 0 Å². The van der Waals surface area contributed by atoms with E-state index in [0.29, 0.717) is 0 Å². The predicted molar refractivity (Wildman–Crippen MR) is 11.3 cm³/mol. The zero-order valence-corrected chi connectivity index (χ0v) is 10.2. The van der Waals surface area contributed by atoms with Gasteiger partial charge in [0, 0.05) is 0 Å². The Morgan fingerprint density at radius 3 is 1.25 bits per heavy atom. The van der Waals surface area contributed by atoms with Crippen LogP contribution >= 0.6 is 0 Å². The maximum Gasteiger partial charge on any atom is 2.00 e. The first-order chi connectivity index (χ1) is 0. The Kier molecular flexibility index (Phi) is 96.5. The van der Waals surface area contributed by atoms with Crippen LogP contribution in [0.4, 0.5) is 0 Å². The van der Waals surface area contributed by atoms with Gasteiger partial charge in [-0.05, 0) is 0 Å². The van der Waals surface area contributed by atoms with E-state index in [1.54, 1.807) is 0 Å². The minimum Gasteiger partial charge on any atom is -1.00 e. The molecule has 0 unspecified atom stereocenters. The van der Waals surface area contributed by atoms with E-state index in [9.17, 15) is 0 Å². The average Bonchev–Trinajstić information content (AvgIpc) is 0. The third kappa shape index (κ3) is 9.38. The fourth-order valence-corrected chi connectivity index (χ4v) is 0. The molecule has 0 bridgehead atoms. The van der Waals surface area contributed by atoms with Crippen molar-refractivity contribution in [3.05, 3.63) is 0 Å². The predicted octanol–water partition coefficient (Wildman–Crippen LogP) is -8.81. The van der Waals surface area contributed by atoms with Crippen LogP contribution in [-0.2, 0) is 0 Å². The summed E-state index contributed by atoms with van der Waals surface area (Å²) in [6, 6.07) is 0. The van der Waals surface area contributed by atoms with Crippen molar-refractivity contribution >= 4 is 23.1 Å². The van der Waals surface area contributed by atoms with Crippen LogP contribution < -0.4 is 99.8 Å². The molecular formula is H5KLiMgNa. The number of hydrogen-bond donors (Lipinski definition) is 0. The quantitative estimate of drug-likeness (QED) is 0.264. The molecule has 0 aromatic heterocycles. The fraction of sp³-hybridized carbons (Fsp3) is 0. The fourth-order valence-electron chi connectivity index (χ4n) is 0. The summed E-state index contributed by atoms with van der Waals surface area (Å²) in [4.78, 5) is 0. The maximum absolute atomic E-state index is 0. The maximum atomic E-state index is 0. The minimum absolute atomic E-state index is 0. The van der Waals surface area contributed by atoms with Gasteiger partial charge in [0.25, 0.3) is 0 Å². The summed E-state index contributed by atoms with van der Waals surface area (Å²) < 4.78 is 0. The molecule has 0 saturated carbocycles. The molecule has 0 fully saturated rings. The molecule has 0 aliphatic heterocycles. The topological polar surface area (TPSA) is 0 Å². The zero-order chi connectivity index (χ0) is 0. The summed E-state index contributed by atoms with van der Waals surface area (Å²) in [5, 5.41) is 0. The molecule has 0 aliphatic rings. The molecule has 0 spiro atoms. The summed E-state index contributed by atoms with van der Waals surface area (Å²) in [6.07, 6.45) is 0. The molecule has 0 aromatic rings. The van der Waals surface area contributed by atoms with Crippen molar-refractivity contribution < 1.29 is 107 Å². The number of rotatable bonds is 0. The molecule has 0 radical (unpaired) electrons. The molecule has 0 atom stereocenters. The van der Waals surface area contributed by atoms with Crippen LogP contribution in [0.15, 0.2) is 0 Å². The van der Waals surface area contributed by atoms with Gasteiger partial charge in [-0.3, -0.25) is 0 Å². The Hall–Kier alpha value is 4.00. The smallest absolute Gasteiger partial charge is 1.00 e. The first-order valence-electron chi connectivity index (χ1n) is 0. The van der Waals surface area contributed by atoms with Crippen molar-refractivity contribution in [2.45, 2.75) is 0 Å². The summed E-state index contributed by atoms with van der Waals surface area (Å²) in [5.74, 6) is 0. The van der Waals surface area contributed by atoms with Crippen molar-refractivity contribution in [2.75, 3.05) is 0 Å². The molecule has 4 heteroatoms. The summed E-state index contributed by atoms with van der Waals surface area (Å²) in [6.45, 7) is 0. The molecule has 0 N–H and O–H groups in total. The molecule has 0 rings (SSSR count). The molecule has 0 aliphatic carbocycles. The van der Waals surface area contributed by atoms with Gasteiger partial charge in [-0.25, -0.2) is 0 Å². The van der Waals surface area contributed by atoms with E-state index in [-0.39, 0.29) is 130 Å². The van der Waals surface area contributed by atoms with Gasteiger partial charge < -0.3 is 7.13 Å².